The summed E-state index contributed by atoms with van der Waals surface area (Å²) in [5.74, 6) is 0.785. The maximum absolute atomic E-state index is 5.89. The van der Waals surface area contributed by atoms with E-state index in [9.17, 15) is 0 Å². The van der Waals surface area contributed by atoms with Gasteiger partial charge in [0.05, 0.1) is 5.69 Å². The summed E-state index contributed by atoms with van der Waals surface area (Å²) in [5, 5.41) is 4.33. The number of benzene rings is 1. The topological polar surface area (TPSA) is 47.1 Å². The standard InChI is InChI=1S/C12H16N4/c1-9-5-4-6-10(7-9)16(3)12-11(13)8-15(2)14-12/h4-8H,13H2,1-3H3. The third-order valence-corrected chi connectivity index (χ3v) is 2.54. The van der Waals surface area contributed by atoms with Crippen molar-refractivity contribution in [2.75, 3.05) is 17.7 Å². The minimum atomic E-state index is 0.687. The Hall–Kier alpha value is -1.97. The van der Waals surface area contributed by atoms with Gasteiger partial charge in [-0.15, -0.1) is 0 Å². The average molecular weight is 216 g/mol. The van der Waals surface area contributed by atoms with E-state index in [-0.39, 0.29) is 0 Å². The molecule has 84 valence electrons. The molecule has 0 spiro atoms. The van der Waals surface area contributed by atoms with Gasteiger partial charge in [-0.05, 0) is 24.6 Å². The van der Waals surface area contributed by atoms with E-state index < -0.39 is 0 Å². The Kier molecular flexibility index (Phi) is 2.56. The summed E-state index contributed by atoms with van der Waals surface area (Å²) < 4.78 is 1.72. The molecule has 0 saturated heterocycles. The van der Waals surface area contributed by atoms with Crippen molar-refractivity contribution in [2.24, 2.45) is 7.05 Å². The first-order valence-electron chi connectivity index (χ1n) is 5.17. The maximum atomic E-state index is 5.89. The van der Waals surface area contributed by atoms with Crippen molar-refractivity contribution in [1.82, 2.24) is 9.78 Å². The lowest BCUT2D eigenvalue weighted by molar-refractivity contribution is 0.765. The van der Waals surface area contributed by atoms with Gasteiger partial charge in [-0.25, -0.2) is 0 Å². The van der Waals surface area contributed by atoms with Crippen molar-refractivity contribution in [3.8, 4) is 0 Å². The fourth-order valence-corrected chi connectivity index (χ4v) is 1.71. The van der Waals surface area contributed by atoms with Crippen LogP contribution >= 0.6 is 0 Å². The number of hydrogen-bond donors (Lipinski definition) is 1. The zero-order chi connectivity index (χ0) is 11.7. The van der Waals surface area contributed by atoms with E-state index in [1.54, 1.807) is 4.68 Å². The van der Waals surface area contributed by atoms with Crippen LogP contribution in [0.1, 0.15) is 5.56 Å². The monoisotopic (exact) mass is 216 g/mol. The van der Waals surface area contributed by atoms with Gasteiger partial charge in [-0.2, -0.15) is 5.10 Å². The first-order valence-corrected chi connectivity index (χ1v) is 5.17. The van der Waals surface area contributed by atoms with Gasteiger partial charge in [0.2, 0.25) is 0 Å². The third-order valence-electron chi connectivity index (χ3n) is 2.54. The lowest BCUT2D eigenvalue weighted by atomic mass is 10.2. The number of nitrogens with two attached hydrogens (primary N) is 1. The summed E-state index contributed by atoms with van der Waals surface area (Å²) in [7, 11) is 3.83. The van der Waals surface area contributed by atoms with E-state index in [1.807, 2.05) is 37.3 Å². The van der Waals surface area contributed by atoms with Gasteiger partial charge in [-0.1, -0.05) is 12.1 Å². The molecule has 0 unspecified atom stereocenters. The highest BCUT2D eigenvalue weighted by Crippen LogP contribution is 2.27. The van der Waals surface area contributed by atoms with Crippen LogP contribution in [-0.4, -0.2) is 16.8 Å². The Morgan fingerprint density at radius 1 is 1.38 bits per heavy atom. The minimum Gasteiger partial charge on any atom is -0.394 e. The predicted octanol–water partition coefficient (Wildman–Crippen LogP) is 2.08. The van der Waals surface area contributed by atoms with Crippen LogP contribution in [-0.2, 0) is 7.05 Å². The van der Waals surface area contributed by atoms with Crippen molar-refractivity contribution >= 4 is 17.2 Å². The highest BCUT2D eigenvalue weighted by Gasteiger charge is 2.11. The van der Waals surface area contributed by atoms with E-state index in [4.69, 9.17) is 5.73 Å². The number of rotatable bonds is 2. The fourth-order valence-electron chi connectivity index (χ4n) is 1.71. The SMILES string of the molecule is Cc1cccc(N(C)c2nn(C)cc2N)c1. The highest BCUT2D eigenvalue weighted by atomic mass is 15.3. The highest BCUT2D eigenvalue weighted by molar-refractivity contribution is 5.70. The zero-order valence-corrected chi connectivity index (χ0v) is 9.81. The summed E-state index contributed by atoms with van der Waals surface area (Å²) in [4.78, 5) is 1.99. The molecule has 2 rings (SSSR count). The molecule has 0 aliphatic heterocycles. The zero-order valence-electron chi connectivity index (χ0n) is 9.81. The van der Waals surface area contributed by atoms with Crippen molar-refractivity contribution in [3.05, 3.63) is 36.0 Å². The van der Waals surface area contributed by atoms with E-state index in [1.165, 1.54) is 5.56 Å². The van der Waals surface area contributed by atoms with Crippen LogP contribution in [0, 0.1) is 6.92 Å². The minimum absolute atomic E-state index is 0.687. The number of nitrogens with zero attached hydrogens (tertiary/aromatic N) is 3. The molecule has 16 heavy (non-hydrogen) atoms. The van der Waals surface area contributed by atoms with Crippen LogP contribution < -0.4 is 10.6 Å². The van der Waals surface area contributed by atoms with Crippen LogP contribution in [0.3, 0.4) is 0 Å². The van der Waals surface area contributed by atoms with E-state index in [0.29, 0.717) is 5.69 Å². The fraction of sp³-hybridized carbons (Fsp3) is 0.250. The first kappa shape index (κ1) is 10.5. The molecule has 4 heteroatoms. The Balaban J connectivity index is 2.38. The Morgan fingerprint density at radius 3 is 2.69 bits per heavy atom. The van der Waals surface area contributed by atoms with Crippen LogP contribution in [0.2, 0.25) is 0 Å². The molecular formula is C12H16N4. The molecule has 0 bridgehead atoms. The van der Waals surface area contributed by atoms with Gasteiger partial charge in [0, 0.05) is 26.0 Å². The number of hydrogen-bond acceptors (Lipinski definition) is 3. The number of anilines is 3. The molecule has 0 radical (unpaired) electrons. The number of aryl methyl sites for hydroxylation is 2. The van der Waals surface area contributed by atoms with Gasteiger partial charge in [0.1, 0.15) is 0 Å². The van der Waals surface area contributed by atoms with Crippen LogP contribution in [0.5, 0.6) is 0 Å². The molecular weight excluding hydrogens is 200 g/mol. The van der Waals surface area contributed by atoms with Gasteiger partial charge >= 0.3 is 0 Å². The molecule has 2 aromatic rings. The van der Waals surface area contributed by atoms with Gasteiger partial charge in [0.25, 0.3) is 0 Å². The predicted molar refractivity (Wildman–Crippen MR) is 66.9 cm³/mol. The molecule has 1 aromatic heterocycles. The van der Waals surface area contributed by atoms with Gasteiger partial charge in [0.15, 0.2) is 5.82 Å². The molecule has 1 heterocycles. The second kappa shape index (κ2) is 3.89. The molecule has 2 N–H and O–H groups in total. The second-order valence-electron chi connectivity index (χ2n) is 3.98. The van der Waals surface area contributed by atoms with Crippen molar-refractivity contribution in [2.45, 2.75) is 6.92 Å². The van der Waals surface area contributed by atoms with Crippen LogP contribution in [0.25, 0.3) is 0 Å². The Bertz CT molecular complexity index is 501. The second-order valence-corrected chi connectivity index (χ2v) is 3.98. The van der Waals surface area contributed by atoms with Crippen LogP contribution in [0.15, 0.2) is 30.5 Å². The third kappa shape index (κ3) is 1.86. The summed E-state index contributed by atoms with van der Waals surface area (Å²) in [6, 6.07) is 8.24. The number of nitrogen functional groups attached to an aromatic ring is 1. The normalized spacial score (nSPS) is 10.4. The summed E-state index contributed by atoms with van der Waals surface area (Å²) in [6.07, 6.45) is 1.81. The lowest BCUT2D eigenvalue weighted by Crippen LogP contribution is -2.12. The van der Waals surface area contributed by atoms with Crippen molar-refractivity contribution in [1.29, 1.82) is 0 Å². The van der Waals surface area contributed by atoms with Gasteiger partial charge < -0.3 is 10.6 Å². The van der Waals surface area contributed by atoms with Crippen molar-refractivity contribution in [3.63, 3.8) is 0 Å². The number of aromatic nitrogens is 2. The van der Waals surface area contributed by atoms with E-state index in [0.717, 1.165) is 11.5 Å². The van der Waals surface area contributed by atoms with Crippen LogP contribution in [0.4, 0.5) is 17.2 Å². The average Bonchev–Trinajstić information content (AvgIpc) is 2.57. The Labute approximate surface area is 95.3 Å². The smallest absolute Gasteiger partial charge is 0.178 e. The molecule has 0 aliphatic rings. The largest absolute Gasteiger partial charge is 0.394 e. The summed E-state index contributed by atoms with van der Waals surface area (Å²) >= 11 is 0. The quantitative estimate of drug-likeness (QED) is 0.836. The van der Waals surface area contributed by atoms with E-state index >= 15 is 0 Å². The first-order chi connectivity index (χ1) is 7.58. The maximum Gasteiger partial charge on any atom is 0.178 e. The molecule has 4 nitrogen and oxygen atoms in total. The van der Waals surface area contributed by atoms with E-state index in [2.05, 4.69) is 24.2 Å². The Morgan fingerprint density at radius 2 is 2.12 bits per heavy atom. The molecule has 0 saturated carbocycles. The summed E-state index contributed by atoms with van der Waals surface area (Å²) in [6.45, 7) is 2.07. The lowest BCUT2D eigenvalue weighted by Gasteiger charge is -2.17. The molecule has 0 fully saturated rings. The molecule has 1 aromatic carbocycles. The molecule has 0 aliphatic carbocycles. The van der Waals surface area contributed by atoms with Crippen molar-refractivity contribution < 1.29 is 0 Å². The molecule has 0 atom stereocenters. The molecule has 0 amide bonds. The summed E-state index contributed by atoms with van der Waals surface area (Å²) in [5.41, 5.74) is 8.89. The van der Waals surface area contributed by atoms with Gasteiger partial charge in [-0.3, -0.25) is 4.68 Å².